The number of amides is 7. The number of aromatic nitrogens is 7. The Hall–Kier alpha value is -10.8. The predicted molar refractivity (Wildman–Crippen MR) is 470 cm³/mol. The van der Waals surface area contributed by atoms with Gasteiger partial charge in [-0.05, 0) is 170 Å². The van der Waals surface area contributed by atoms with Gasteiger partial charge in [-0.1, -0.05) is 97.1 Å². The van der Waals surface area contributed by atoms with Gasteiger partial charge in [-0.3, -0.25) is 58.1 Å². The second-order valence-electron chi connectivity index (χ2n) is 34.6. The van der Waals surface area contributed by atoms with Gasteiger partial charge in [0.05, 0.1) is 37.6 Å². The Bertz CT molecular complexity index is 4760. The molecular formula is C95H122N18O12. The molecule has 0 spiro atoms. The quantitative estimate of drug-likeness (QED) is 0.0322. The minimum atomic E-state index is -0.650. The second kappa shape index (κ2) is 45.9. The predicted octanol–water partition coefficient (Wildman–Crippen LogP) is 4.92. The van der Waals surface area contributed by atoms with Gasteiger partial charge in [0.15, 0.2) is 0 Å². The summed E-state index contributed by atoms with van der Waals surface area (Å²) in [6.45, 7) is 20.7. The fourth-order valence-corrected chi connectivity index (χ4v) is 17.6. The van der Waals surface area contributed by atoms with Crippen LogP contribution in [0.3, 0.4) is 0 Å². The largest absolute Gasteiger partial charge is 0.390 e. The fraction of sp³-hybridized carbons (Fsp3) is 0.495. The van der Waals surface area contributed by atoms with E-state index in [0.29, 0.717) is 78.9 Å². The average Bonchev–Trinajstić information content (AvgIpc) is 0.844. The molecule has 4 saturated heterocycles. The highest BCUT2D eigenvalue weighted by atomic mass is 16.5. The zero-order chi connectivity index (χ0) is 87.6. The normalized spacial score (nSPS) is 17.9. The molecule has 4 atom stereocenters. The number of piperidine rings is 2. The molecular weight excluding hydrogens is 1590 g/mol. The van der Waals surface area contributed by atoms with Gasteiger partial charge >= 0.3 is 0 Å². The number of fused-ring (bicyclic) bond motifs is 4. The Morgan fingerprint density at radius 1 is 0.352 bits per heavy atom. The van der Waals surface area contributed by atoms with Gasteiger partial charge in [0.2, 0.25) is 17.7 Å². The summed E-state index contributed by atoms with van der Waals surface area (Å²) < 4.78 is 5.18. The molecule has 8 N–H and O–H groups in total. The highest BCUT2D eigenvalue weighted by Gasteiger charge is 2.32. The van der Waals surface area contributed by atoms with Crippen LogP contribution in [0.2, 0.25) is 0 Å². The van der Waals surface area contributed by atoms with Crippen molar-refractivity contribution >= 4 is 41.4 Å². The number of benzene rings is 4. The van der Waals surface area contributed by atoms with Crippen LogP contribution in [0, 0.1) is 23.7 Å². The van der Waals surface area contributed by atoms with Gasteiger partial charge in [0, 0.05) is 205 Å². The second-order valence-corrected chi connectivity index (χ2v) is 34.6. The van der Waals surface area contributed by atoms with Crippen LogP contribution in [0.15, 0.2) is 153 Å². The minimum absolute atomic E-state index is 0.0892. The summed E-state index contributed by atoms with van der Waals surface area (Å²) in [6, 6.07) is 42.4. The third kappa shape index (κ3) is 28.1. The number of rotatable bonds is 28. The lowest BCUT2D eigenvalue weighted by molar-refractivity contribution is -0.135. The molecule has 12 heterocycles. The van der Waals surface area contributed by atoms with Gasteiger partial charge in [-0.15, -0.1) is 0 Å². The van der Waals surface area contributed by atoms with Crippen LogP contribution in [-0.2, 0) is 96.7 Å². The molecule has 30 nitrogen and oxygen atoms in total. The van der Waals surface area contributed by atoms with E-state index in [0.717, 1.165) is 198 Å². The van der Waals surface area contributed by atoms with Crippen LogP contribution < -0.4 is 21.3 Å². The number of carbonyl (C=O) groups excluding carboxylic acids is 7. The number of ether oxygens (including phenoxy) is 1. The van der Waals surface area contributed by atoms with E-state index >= 15 is 0 Å². The molecule has 4 aromatic carbocycles. The van der Waals surface area contributed by atoms with E-state index in [1.165, 1.54) is 63.5 Å². The first-order valence-electron chi connectivity index (χ1n) is 44.3. The monoisotopic (exact) mass is 1710 g/mol. The van der Waals surface area contributed by atoms with E-state index in [1.807, 2.05) is 34.1 Å². The Morgan fingerprint density at radius 2 is 0.648 bits per heavy atom. The number of nitrogens with zero attached hydrogens (tertiary/aromatic N) is 14. The highest BCUT2D eigenvalue weighted by Crippen LogP contribution is 2.28. The first kappa shape index (κ1) is 91.9. The summed E-state index contributed by atoms with van der Waals surface area (Å²) in [7, 11) is 0. The van der Waals surface area contributed by atoms with Gasteiger partial charge in [-0.2, -0.15) is 0 Å². The highest BCUT2D eigenvalue weighted by molar-refractivity contribution is 5.94. The van der Waals surface area contributed by atoms with Crippen molar-refractivity contribution in [1.29, 1.82) is 0 Å². The minimum Gasteiger partial charge on any atom is -0.390 e. The molecule has 0 unspecified atom stereocenters. The Kier molecular flexibility index (Phi) is 33.7. The van der Waals surface area contributed by atoms with Crippen molar-refractivity contribution in [2.75, 3.05) is 131 Å². The molecule has 125 heavy (non-hydrogen) atoms. The molecule has 0 aliphatic carbocycles. The van der Waals surface area contributed by atoms with E-state index in [9.17, 15) is 54.0 Å². The van der Waals surface area contributed by atoms with Gasteiger partial charge in [-0.25, -0.2) is 29.9 Å². The maximum absolute atomic E-state index is 12.7. The third-order valence-electron chi connectivity index (χ3n) is 24.9. The Balaban J connectivity index is 0.000000143. The summed E-state index contributed by atoms with van der Waals surface area (Å²) in [6.07, 6.45) is 14.2. The van der Waals surface area contributed by atoms with Crippen molar-refractivity contribution in [1.82, 2.24) is 90.5 Å². The van der Waals surface area contributed by atoms with E-state index in [4.69, 9.17) is 4.74 Å². The number of likely N-dealkylation sites (tertiary alicyclic amines) is 3. The lowest BCUT2D eigenvalue weighted by atomic mass is 9.91. The summed E-state index contributed by atoms with van der Waals surface area (Å²) in [4.78, 5) is 128. The van der Waals surface area contributed by atoms with Gasteiger partial charge in [0.1, 0.15) is 36.1 Å². The number of nitrogens with one attached hydrogen (secondary N) is 4. The van der Waals surface area contributed by atoms with Crippen molar-refractivity contribution in [3.05, 3.63) is 243 Å². The van der Waals surface area contributed by atoms with Gasteiger partial charge < -0.3 is 61.1 Å². The molecule has 8 aromatic rings. The average molecular weight is 1710 g/mol. The number of pyridine rings is 1. The van der Waals surface area contributed by atoms with Crippen LogP contribution in [-0.4, -0.2) is 286 Å². The van der Waals surface area contributed by atoms with Crippen LogP contribution in [0.5, 0.6) is 0 Å². The molecule has 664 valence electrons. The molecule has 0 bridgehead atoms. The van der Waals surface area contributed by atoms with E-state index in [2.05, 4.69) is 155 Å². The molecule has 16 rings (SSSR count). The number of β-amino-alcohol motifs (C(OH)–C–C–N with tert-alkyl or cyclic N) is 4. The van der Waals surface area contributed by atoms with Crippen molar-refractivity contribution in [2.24, 2.45) is 23.7 Å². The number of hydrogen-bond donors (Lipinski definition) is 8. The molecule has 7 amide bonds. The summed E-state index contributed by atoms with van der Waals surface area (Å²) in [5.41, 5.74) is 15.7. The van der Waals surface area contributed by atoms with Gasteiger partial charge in [0.25, 0.3) is 23.6 Å². The number of hydrogen-bond acceptors (Lipinski definition) is 23. The van der Waals surface area contributed by atoms with Crippen molar-refractivity contribution < 1.29 is 58.7 Å². The SMILES string of the molecule is CC(=O)N1CC(Cc2cc(C(=O)NC[C@H](O)CN3CCc4ccccc4C3)ncn2)C1.CC(=O)N1CCC(Cc2cc(C(=O)NC[C@H](O)CN3CCc4ccccc4C3)ccn2)CC1.CC(=O)N1CCC(Cc2cc(C(=O)NC[C@H](O)CN3CCc4ccccc4C3)ncn2)CC1.O=C(NC[C@H](O)CN1CCc2ccccc2C1)c1cc(CC2COC2)ncn1. The first-order chi connectivity index (χ1) is 60.6. The van der Waals surface area contributed by atoms with Crippen LogP contribution in [0.25, 0.3) is 0 Å². The maximum atomic E-state index is 12.7. The number of aliphatic hydroxyl groups is 4. The summed E-state index contributed by atoms with van der Waals surface area (Å²) in [5, 5.41) is 52.9. The van der Waals surface area contributed by atoms with E-state index in [1.54, 1.807) is 56.1 Å². The van der Waals surface area contributed by atoms with Crippen LogP contribution in [0.4, 0.5) is 0 Å². The van der Waals surface area contributed by atoms with E-state index in [-0.39, 0.29) is 67.5 Å². The van der Waals surface area contributed by atoms with Crippen molar-refractivity contribution in [3.63, 3.8) is 0 Å². The molecule has 4 fully saturated rings. The molecule has 4 aromatic heterocycles. The van der Waals surface area contributed by atoms with E-state index < -0.39 is 24.4 Å². The Labute approximate surface area is 732 Å². The lowest BCUT2D eigenvalue weighted by Crippen LogP contribution is -2.49. The van der Waals surface area contributed by atoms with Crippen molar-refractivity contribution in [3.8, 4) is 0 Å². The van der Waals surface area contributed by atoms with Crippen LogP contribution in [0.1, 0.15) is 156 Å². The summed E-state index contributed by atoms with van der Waals surface area (Å²) in [5.74, 6) is 1.04. The van der Waals surface area contributed by atoms with Crippen molar-refractivity contribution in [2.45, 2.75) is 148 Å². The zero-order valence-electron chi connectivity index (χ0n) is 72.3. The topological polar surface area (TPSA) is 371 Å². The maximum Gasteiger partial charge on any atom is 0.270 e. The number of carbonyl (C=O) groups is 7. The first-order valence-corrected chi connectivity index (χ1v) is 44.3. The molecule has 0 saturated carbocycles. The third-order valence-corrected chi connectivity index (χ3v) is 24.9. The lowest BCUT2D eigenvalue weighted by Gasteiger charge is -2.38. The number of aliphatic hydroxyl groups excluding tert-OH is 4. The fourth-order valence-electron chi connectivity index (χ4n) is 17.6. The zero-order valence-corrected chi connectivity index (χ0v) is 72.3. The summed E-state index contributed by atoms with van der Waals surface area (Å²) >= 11 is 0. The Morgan fingerprint density at radius 3 is 0.960 bits per heavy atom. The molecule has 0 radical (unpaired) electrons. The smallest absolute Gasteiger partial charge is 0.270 e. The standard InChI is InChI=1S/C26H34N4O3.C25H33N5O3.C23H29N5O3.C21H26N4O3/c1-19(31)30-12-7-20(8-13-30)14-24-15-22(6-10-27-24)26(33)28-16-25(32)18-29-11-9-21-4-2-3-5-23(21)17-29;1-18(31)30-10-6-19(7-11-30)12-22-13-24(28-17-27-22)25(33)26-14-23(32)16-29-9-8-20-4-2-3-5-21(20)15-29;1-16(29)28-11-17(12-28)8-20-9-22(26-15-25-20)23(31)24-10-21(30)14-27-7-6-18-4-2-3-5-19(18)13-27;26-19(11-25-6-5-16-3-1-2-4-17(16)10-25)9-22-21(27)20-8-18(23-14-24-20)7-15-12-28-13-15/h2-6,10,15,20,25,32H,7-9,11-14,16-18H2,1H3,(H,28,33);2-5,13,17,19,23,32H,6-12,14-16H2,1H3,(H,26,33);2-5,9,15,17,21,30H,6-8,10-14H2,1H3,(H,24,31);1-4,8,14-15,19,26H,5-7,9-13H2,(H,22,27)/t25-;23-;21-;19-/m0000/s1. The molecule has 30 heteroatoms. The molecule has 8 aliphatic heterocycles. The molecule has 8 aliphatic rings. The van der Waals surface area contributed by atoms with Crippen LogP contribution >= 0.6 is 0 Å².